The fourth-order valence-corrected chi connectivity index (χ4v) is 4.13. The summed E-state index contributed by atoms with van der Waals surface area (Å²) in [6, 6.07) is 16.2. The molecular formula is C22H26N2O3. The van der Waals surface area contributed by atoms with E-state index in [0.29, 0.717) is 26.2 Å². The maximum absolute atomic E-state index is 12.9. The van der Waals surface area contributed by atoms with Crippen LogP contribution in [0.3, 0.4) is 0 Å². The Morgan fingerprint density at radius 3 is 2.48 bits per heavy atom. The van der Waals surface area contributed by atoms with Gasteiger partial charge in [-0.1, -0.05) is 42.5 Å². The van der Waals surface area contributed by atoms with E-state index >= 15 is 0 Å². The number of hydrogen-bond donors (Lipinski definition) is 1. The van der Waals surface area contributed by atoms with Crippen molar-refractivity contribution >= 4 is 5.91 Å². The van der Waals surface area contributed by atoms with Crippen LogP contribution >= 0.6 is 0 Å². The highest BCUT2D eigenvalue weighted by atomic mass is 16.6. The number of likely N-dealkylation sites (tertiary alicyclic amines) is 1. The molecule has 1 saturated heterocycles. The third-order valence-corrected chi connectivity index (χ3v) is 5.84. The quantitative estimate of drug-likeness (QED) is 0.903. The predicted octanol–water partition coefficient (Wildman–Crippen LogP) is 2.52. The molecule has 5 nitrogen and oxygen atoms in total. The molecule has 0 saturated carbocycles. The van der Waals surface area contributed by atoms with Crippen LogP contribution in [0.15, 0.2) is 48.5 Å². The van der Waals surface area contributed by atoms with Crippen molar-refractivity contribution in [3.8, 4) is 11.5 Å². The molecule has 2 aromatic carbocycles. The lowest BCUT2D eigenvalue weighted by molar-refractivity contribution is -0.132. The SMILES string of the molecule is NCC1(c2ccccc2)CCN(C(=O)Cc2cccc3c2OCCO3)CC1. The van der Waals surface area contributed by atoms with Gasteiger partial charge in [0, 0.05) is 30.6 Å². The van der Waals surface area contributed by atoms with Crippen molar-refractivity contribution in [3.05, 3.63) is 59.7 Å². The number of para-hydroxylation sites is 1. The van der Waals surface area contributed by atoms with Gasteiger partial charge < -0.3 is 20.1 Å². The number of piperidine rings is 1. The number of carbonyl (C=O) groups is 1. The normalized spacial score (nSPS) is 18.2. The second-order valence-electron chi connectivity index (χ2n) is 7.35. The zero-order valence-electron chi connectivity index (χ0n) is 15.5. The summed E-state index contributed by atoms with van der Waals surface area (Å²) in [5.74, 6) is 1.59. The molecule has 2 aliphatic rings. The van der Waals surface area contributed by atoms with Gasteiger partial charge in [0.25, 0.3) is 0 Å². The van der Waals surface area contributed by atoms with Crippen molar-refractivity contribution in [1.29, 1.82) is 0 Å². The molecule has 142 valence electrons. The zero-order valence-corrected chi connectivity index (χ0v) is 15.5. The average molecular weight is 366 g/mol. The van der Waals surface area contributed by atoms with Crippen LogP contribution in [0, 0.1) is 0 Å². The van der Waals surface area contributed by atoms with Crippen molar-refractivity contribution in [2.45, 2.75) is 24.7 Å². The molecule has 2 N–H and O–H groups in total. The summed E-state index contributed by atoms with van der Waals surface area (Å²) in [5, 5.41) is 0. The summed E-state index contributed by atoms with van der Waals surface area (Å²) in [6.45, 7) is 3.15. The first-order valence-corrected chi connectivity index (χ1v) is 9.63. The number of rotatable bonds is 4. The van der Waals surface area contributed by atoms with Crippen LogP contribution in [-0.2, 0) is 16.6 Å². The number of benzene rings is 2. The van der Waals surface area contributed by atoms with Gasteiger partial charge in [-0.25, -0.2) is 0 Å². The Kier molecular flexibility index (Phi) is 5.03. The Hall–Kier alpha value is -2.53. The van der Waals surface area contributed by atoms with E-state index in [-0.39, 0.29) is 11.3 Å². The van der Waals surface area contributed by atoms with Gasteiger partial charge in [0.05, 0.1) is 6.42 Å². The maximum Gasteiger partial charge on any atom is 0.227 e. The van der Waals surface area contributed by atoms with E-state index in [4.69, 9.17) is 15.2 Å². The highest BCUT2D eigenvalue weighted by Gasteiger charge is 2.36. The summed E-state index contributed by atoms with van der Waals surface area (Å²) in [7, 11) is 0. The van der Waals surface area contributed by atoms with Gasteiger partial charge in [0.15, 0.2) is 11.5 Å². The highest BCUT2D eigenvalue weighted by Crippen LogP contribution is 2.36. The first-order chi connectivity index (χ1) is 13.2. The fraction of sp³-hybridized carbons (Fsp3) is 0.409. The van der Waals surface area contributed by atoms with E-state index < -0.39 is 0 Å². The van der Waals surface area contributed by atoms with E-state index in [2.05, 4.69) is 24.3 Å². The number of fused-ring (bicyclic) bond motifs is 1. The highest BCUT2D eigenvalue weighted by molar-refractivity contribution is 5.80. The molecule has 27 heavy (non-hydrogen) atoms. The summed E-state index contributed by atoms with van der Waals surface area (Å²) in [6.07, 6.45) is 2.13. The predicted molar refractivity (Wildman–Crippen MR) is 104 cm³/mol. The molecule has 0 bridgehead atoms. The number of hydrogen-bond acceptors (Lipinski definition) is 4. The number of amides is 1. The molecule has 2 aliphatic heterocycles. The van der Waals surface area contributed by atoms with Crippen LogP contribution in [0.1, 0.15) is 24.0 Å². The zero-order chi connectivity index (χ0) is 18.7. The van der Waals surface area contributed by atoms with Crippen LogP contribution in [0.2, 0.25) is 0 Å². The largest absolute Gasteiger partial charge is 0.486 e. The second kappa shape index (κ2) is 7.61. The molecule has 5 heteroatoms. The summed E-state index contributed by atoms with van der Waals surface area (Å²) in [5.41, 5.74) is 8.31. The molecule has 2 aromatic rings. The Bertz CT molecular complexity index is 798. The first-order valence-electron chi connectivity index (χ1n) is 9.63. The molecule has 0 aliphatic carbocycles. The smallest absolute Gasteiger partial charge is 0.227 e. The van der Waals surface area contributed by atoms with Gasteiger partial charge in [0.1, 0.15) is 13.2 Å². The summed E-state index contributed by atoms with van der Waals surface area (Å²) >= 11 is 0. The standard InChI is InChI=1S/C22H26N2O3/c23-16-22(18-6-2-1-3-7-18)9-11-24(12-10-22)20(25)15-17-5-4-8-19-21(17)27-14-13-26-19/h1-8H,9-16,23H2. The lowest BCUT2D eigenvalue weighted by Gasteiger charge is -2.41. The average Bonchev–Trinajstić information content (AvgIpc) is 2.74. The molecule has 0 radical (unpaired) electrons. The van der Waals surface area contributed by atoms with Crippen LogP contribution in [-0.4, -0.2) is 43.7 Å². The molecule has 1 amide bonds. The first kappa shape index (κ1) is 17.9. The molecule has 0 atom stereocenters. The number of carbonyl (C=O) groups excluding carboxylic acids is 1. The molecule has 4 rings (SSSR count). The van der Waals surface area contributed by atoms with Gasteiger partial charge in [-0.3, -0.25) is 4.79 Å². The van der Waals surface area contributed by atoms with Crippen LogP contribution in [0.5, 0.6) is 11.5 Å². The number of ether oxygens (including phenoxy) is 2. The fourth-order valence-electron chi connectivity index (χ4n) is 4.13. The van der Waals surface area contributed by atoms with Gasteiger partial charge in [0.2, 0.25) is 5.91 Å². The van der Waals surface area contributed by atoms with Gasteiger partial charge in [-0.2, -0.15) is 0 Å². The number of nitrogens with two attached hydrogens (primary N) is 1. The minimum absolute atomic E-state index is 0.0269. The van der Waals surface area contributed by atoms with Crippen LogP contribution < -0.4 is 15.2 Å². The van der Waals surface area contributed by atoms with Crippen LogP contribution in [0.4, 0.5) is 0 Å². The van der Waals surface area contributed by atoms with E-state index in [0.717, 1.165) is 43.0 Å². The summed E-state index contributed by atoms with van der Waals surface area (Å²) in [4.78, 5) is 14.8. The van der Waals surface area contributed by atoms with Crippen molar-refractivity contribution in [3.63, 3.8) is 0 Å². The Balaban J connectivity index is 1.44. The molecular weight excluding hydrogens is 340 g/mol. The third kappa shape index (κ3) is 3.52. The third-order valence-electron chi connectivity index (χ3n) is 5.84. The minimum Gasteiger partial charge on any atom is -0.486 e. The molecule has 1 fully saturated rings. The van der Waals surface area contributed by atoms with E-state index in [9.17, 15) is 4.79 Å². The monoisotopic (exact) mass is 366 g/mol. The topological polar surface area (TPSA) is 64.8 Å². The Labute approximate surface area is 160 Å². The molecule has 0 unspecified atom stereocenters. The van der Waals surface area contributed by atoms with Crippen molar-refractivity contribution < 1.29 is 14.3 Å². The molecule has 2 heterocycles. The molecule has 0 spiro atoms. The maximum atomic E-state index is 12.9. The lowest BCUT2D eigenvalue weighted by atomic mass is 9.73. The summed E-state index contributed by atoms with van der Waals surface area (Å²) < 4.78 is 11.4. The second-order valence-corrected chi connectivity index (χ2v) is 7.35. The lowest BCUT2D eigenvalue weighted by Crippen LogP contribution is -2.48. The molecule has 0 aromatic heterocycles. The van der Waals surface area contributed by atoms with E-state index in [1.54, 1.807) is 0 Å². The van der Waals surface area contributed by atoms with Crippen LogP contribution in [0.25, 0.3) is 0 Å². The Morgan fingerprint density at radius 1 is 1.00 bits per heavy atom. The minimum atomic E-state index is -0.0269. The Morgan fingerprint density at radius 2 is 1.74 bits per heavy atom. The van der Waals surface area contributed by atoms with Crippen molar-refractivity contribution in [2.75, 3.05) is 32.8 Å². The van der Waals surface area contributed by atoms with E-state index in [1.807, 2.05) is 29.2 Å². The van der Waals surface area contributed by atoms with Gasteiger partial charge >= 0.3 is 0 Å². The van der Waals surface area contributed by atoms with Crippen molar-refractivity contribution in [1.82, 2.24) is 4.90 Å². The van der Waals surface area contributed by atoms with Gasteiger partial charge in [-0.05, 0) is 24.5 Å². The van der Waals surface area contributed by atoms with E-state index in [1.165, 1.54) is 5.56 Å². The number of nitrogens with zero attached hydrogens (tertiary/aromatic N) is 1. The van der Waals surface area contributed by atoms with Gasteiger partial charge in [-0.15, -0.1) is 0 Å². The van der Waals surface area contributed by atoms with Crippen molar-refractivity contribution in [2.24, 2.45) is 5.73 Å².